The highest BCUT2D eigenvalue weighted by Crippen LogP contribution is 2.40. The van der Waals surface area contributed by atoms with E-state index < -0.39 is 0 Å². The van der Waals surface area contributed by atoms with Gasteiger partial charge in [-0.15, -0.1) is 0 Å². The van der Waals surface area contributed by atoms with Crippen molar-refractivity contribution in [2.75, 3.05) is 13.6 Å². The number of carbonyl (C=O) groups excluding carboxylic acids is 1. The summed E-state index contributed by atoms with van der Waals surface area (Å²) >= 11 is 3.77. The highest BCUT2D eigenvalue weighted by Gasteiger charge is 2.35. The third kappa shape index (κ3) is 3.76. The Balaban J connectivity index is 2.50. The van der Waals surface area contributed by atoms with Crippen LogP contribution in [0, 0.1) is 11.8 Å². The molecule has 1 rings (SSSR count). The van der Waals surface area contributed by atoms with E-state index in [1.165, 1.54) is 17.7 Å². The highest BCUT2D eigenvalue weighted by molar-refractivity contribution is 7.96. The Morgan fingerprint density at radius 2 is 2.27 bits per heavy atom. The van der Waals surface area contributed by atoms with E-state index in [9.17, 15) is 4.79 Å². The van der Waals surface area contributed by atoms with Crippen molar-refractivity contribution in [3.05, 3.63) is 0 Å². The molecule has 1 amide bonds. The lowest BCUT2D eigenvalue weighted by Crippen LogP contribution is -2.41. The number of hydrogen-bond acceptors (Lipinski definition) is 2. The first kappa shape index (κ1) is 13.0. The molecule has 0 saturated heterocycles. The lowest BCUT2D eigenvalue weighted by Gasteiger charge is -2.31. The van der Waals surface area contributed by atoms with Crippen LogP contribution < -0.4 is 5.23 Å². The first-order valence-electron chi connectivity index (χ1n) is 5.22. The van der Waals surface area contributed by atoms with Gasteiger partial charge in [-0.1, -0.05) is 12.6 Å². The molecule has 0 aliphatic heterocycles. The first-order valence-corrected chi connectivity index (χ1v) is 5.67. The van der Waals surface area contributed by atoms with Crippen LogP contribution in [-0.4, -0.2) is 45.5 Å². The van der Waals surface area contributed by atoms with Gasteiger partial charge in [0.25, 0.3) is 5.24 Å². The quantitative estimate of drug-likeness (QED) is 0.508. The maximum absolute atomic E-state index is 11.1. The molecule has 1 saturated carbocycles. The van der Waals surface area contributed by atoms with E-state index in [0.29, 0.717) is 11.8 Å². The minimum atomic E-state index is -0.283. The van der Waals surface area contributed by atoms with E-state index in [-0.39, 0.29) is 11.2 Å². The van der Waals surface area contributed by atoms with Gasteiger partial charge in [-0.05, 0) is 43.6 Å². The van der Waals surface area contributed by atoms with Crippen molar-refractivity contribution in [3.8, 4) is 0 Å². The highest BCUT2D eigenvalue weighted by atomic mass is 32.1. The van der Waals surface area contributed by atoms with Gasteiger partial charge in [0.2, 0.25) is 0 Å². The van der Waals surface area contributed by atoms with E-state index >= 15 is 0 Å². The molecule has 1 aliphatic rings. The molecule has 2 atom stereocenters. The predicted molar refractivity (Wildman–Crippen MR) is 66.3 cm³/mol. The summed E-state index contributed by atoms with van der Waals surface area (Å²) in [5.74, 6) is 0.710. The van der Waals surface area contributed by atoms with Crippen LogP contribution in [-0.2, 0) is 0 Å². The van der Waals surface area contributed by atoms with Crippen molar-refractivity contribution in [3.63, 3.8) is 0 Å². The molecule has 15 heavy (non-hydrogen) atoms. The predicted octanol–water partition coefficient (Wildman–Crippen LogP) is 0.552. The summed E-state index contributed by atoms with van der Waals surface area (Å²) in [5, 5.41) is 2.34. The standard InChI is InChI=1S/C9H16B2N2OS/c1-13(9(14)15)8(10)7(4-5-12-11)6-2-3-6/h6-8,12H,2-5H2,1H3,(H,14,15). The Labute approximate surface area is 99.6 Å². The number of thiol groups is 1. The molecule has 1 fully saturated rings. The summed E-state index contributed by atoms with van der Waals surface area (Å²) in [6, 6.07) is 0. The van der Waals surface area contributed by atoms with Crippen molar-refractivity contribution >= 4 is 33.7 Å². The maximum atomic E-state index is 11.1. The van der Waals surface area contributed by atoms with E-state index in [1.54, 1.807) is 7.05 Å². The maximum Gasteiger partial charge on any atom is 0.277 e. The Morgan fingerprint density at radius 1 is 1.67 bits per heavy atom. The molecular formula is C9H16B2N2OS. The molecule has 2 unspecified atom stereocenters. The van der Waals surface area contributed by atoms with Gasteiger partial charge in [-0.2, -0.15) is 0 Å². The Hall–Kier alpha value is -0.0901. The van der Waals surface area contributed by atoms with Gasteiger partial charge in [0.15, 0.2) is 7.98 Å². The Kier molecular flexibility index (Phi) is 5.06. The van der Waals surface area contributed by atoms with Gasteiger partial charge >= 0.3 is 0 Å². The lowest BCUT2D eigenvalue weighted by molar-refractivity contribution is 0.208. The molecule has 3 nitrogen and oxygen atoms in total. The number of hydrogen-bond donors (Lipinski definition) is 2. The van der Waals surface area contributed by atoms with Crippen LogP contribution >= 0.6 is 12.6 Å². The minimum Gasteiger partial charge on any atom is -0.366 e. The van der Waals surface area contributed by atoms with Crippen LogP contribution in [0.2, 0.25) is 0 Å². The zero-order valence-electron chi connectivity index (χ0n) is 9.02. The van der Waals surface area contributed by atoms with Crippen LogP contribution in [0.3, 0.4) is 0 Å². The fourth-order valence-electron chi connectivity index (χ4n) is 1.87. The summed E-state index contributed by atoms with van der Waals surface area (Å²) < 4.78 is 0. The summed E-state index contributed by atoms with van der Waals surface area (Å²) in [4.78, 5) is 12.6. The van der Waals surface area contributed by atoms with Crippen LogP contribution in [0.25, 0.3) is 0 Å². The SMILES string of the molecule is [B]NCCC(C1CC1)C([B])N(C)C(=O)S. The minimum absolute atomic E-state index is 0.254. The van der Waals surface area contributed by atoms with Gasteiger partial charge in [-0.3, -0.25) is 4.79 Å². The van der Waals surface area contributed by atoms with Gasteiger partial charge in [0, 0.05) is 7.05 Å². The van der Waals surface area contributed by atoms with E-state index in [0.717, 1.165) is 13.0 Å². The number of nitrogens with one attached hydrogen (secondary N) is 1. The molecule has 0 heterocycles. The monoisotopic (exact) mass is 222 g/mol. The van der Waals surface area contributed by atoms with Gasteiger partial charge in [0.05, 0.1) is 7.85 Å². The van der Waals surface area contributed by atoms with Crippen molar-refractivity contribution in [2.45, 2.75) is 25.2 Å². The second-order valence-corrected chi connectivity index (χ2v) is 4.51. The van der Waals surface area contributed by atoms with Crippen molar-refractivity contribution in [2.24, 2.45) is 11.8 Å². The fourth-order valence-corrected chi connectivity index (χ4v) is 2.01. The van der Waals surface area contributed by atoms with Gasteiger partial charge in [0.1, 0.15) is 0 Å². The molecule has 0 aromatic rings. The van der Waals surface area contributed by atoms with Crippen molar-refractivity contribution in [1.82, 2.24) is 10.1 Å². The van der Waals surface area contributed by atoms with E-state index in [1.807, 2.05) is 0 Å². The van der Waals surface area contributed by atoms with Gasteiger partial charge < -0.3 is 10.1 Å². The largest absolute Gasteiger partial charge is 0.366 e. The lowest BCUT2D eigenvalue weighted by atomic mass is 9.78. The summed E-state index contributed by atoms with van der Waals surface area (Å²) in [6.07, 6.45) is 3.31. The summed E-state index contributed by atoms with van der Waals surface area (Å²) in [7, 11) is 13.0. The molecule has 0 spiro atoms. The van der Waals surface area contributed by atoms with Crippen molar-refractivity contribution < 1.29 is 4.79 Å². The third-order valence-electron chi connectivity index (χ3n) is 3.04. The Morgan fingerprint density at radius 3 is 2.67 bits per heavy atom. The van der Waals surface area contributed by atoms with Gasteiger partial charge in [-0.25, -0.2) is 0 Å². The zero-order valence-corrected chi connectivity index (χ0v) is 9.91. The molecular weight excluding hydrogens is 206 g/mol. The zero-order chi connectivity index (χ0) is 11.4. The van der Waals surface area contributed by atoms with E-state index in [4.69, 9.17) is 15.8 Å². The second kappa shape index (κ2) is 5.85. The van der Waals surface area contributed by atoms with Crippen LogP contribution in [0.1, 0.15) is 19.3 Å². The molecule has 1 aliphatic carbocycles. The molecule has 80 valence electrons. The van der Waals surface area contributed by atoms with E-state index in [2.05, 4.69) is 17.9 Å². The second-order valence-electron chi connectivity index (χ2n) is 4.13. The summed E-state index contributed by atoms with van der Waals surface area (Å²) in [5.41, 5.74) is 0. The normalized spacial score (nSPS) is 19.6. The molecule has 0 bridgehead atoms. The molecule has 1 N–H and O–H groups in total. The average Bonchev–Trinajstić information content (AvgIpc) is 3.00. The number of nitrogens with zero attached hydrogens (tertiary/aromatic N) is 1. The smallest absolute Gasteiger partial charge is 0.277 e. The topological polar surface area (TPSA) is 32.3 Å². The molecule has 4 radical (unpaired) electrons. The Bertz CT molecular complexity index is 226. The number of rotatable bonds is 6. The molecule has 0 aromatic heterocycles. The van der Waals surface area contributed by atoms with Crippen LogP contribution in [0.5, 0.6) is 0 Å². The number of carbonyl (C=O) groups is 1. The van der Waals surface area contributed by atoms with Crippen LogP contribution in [0.4, 0.5) is 4.79 Å². The number of amides is 1. The molecule has 6 heteroatoms. The fraction of sp³-hybridized carbons (Fsp3) is 0.889. The summed E-state index contributed by atoms with van der Waals surface area (Å²) in [6.45, 7) is 0.726. The van der Waals surface area contributed by atoms with Crippen molar-refractivity contribution in [1.29, 1.82) is 0 Å². The molecule has 0 aromatic carbocycles. The average molecular weight is 222 g/mol. The first-order chi connectivity index (χ1) is 7.07. The third-order valence-corrected chi connectivity index (χ3v) is 3.35. The van der Waals surface area contributed by atoms with Crippen LogP contribution in [0.15, 0.2) is 0 Å².